The zero-order valence-electron chi connectivity index (χ0n) is 12.7. The van der Waals surface area contributed by atoms with Crippen LogP contribution in [0.5, 0.6) is 0 Å². The van der Waals surface area contributed by atoms with Crippen molar-refractivity contribution in [3.63, 3.8) is 0 Å². The summed E-state index contributed by atoms with van der Waals surface area (Å²) in [5.74, 6) is 5.62. The fourth-order valence-corrected chi connectivity index (χ4v) is 2.50. The smallest absolute Gasteiger partial charge is 0.253 e. The van der Waals surface area contributed by atoms with Crippen LogP contribution in [-0.2, 0) is 0 Å². The highest BCUT2D eigenvalue weighted by atomic mass is 16.2. The van der Waals surface area contributed by atoms with Gasteiger partial charge in [0, 0.05) is 30.8 Å². The van der Waals surface area contributed by atoms with Crippen molar-refractivity contribution in [1.29, 1.82) is 0 Å². The summed E-state index contributed by atoms with van der Waals surface area (Å²) in [6.07, 6.45) is 1.02. The Kier molecular flexibility index (Phi) is 5.38. The lowest BCUT2D eigenvalue weighted by molar-refractivity contribution is 0.0762. The van der Waals surface area contributed by atoms with Gasteiger partial charge in [-0.05, 0) is 50.7 Å². The minimum atomic E-state index is -0.151. The van der Waals surface area contributed by atoms with Crippen molar-refractivity contribution in [2.75, 3.05) is 39.8 Å². The maximum atomic E-state index is 12.6. The number of hydrogen-bond acceptors (Lipinski definition) is 3. The van der Waals surface area contributed by atoms with Crippen LogP contribution in [0.1, 0.15) is 27.9 Å². The van der Waals surface area contributed by atoms with Crippen molar-refractivity contribution in [3.05, 3.63) is 34.9 Å². The second-order valence-corrected chi connectivity index (χ2v) is 5.44. The molecular weight excluding hydrogens is 264 g/mol. The van der Waals surface area contributed by atoms with Gasteiger partial charge in [0.1, 0.15) is 6.61 Å². The number of amides is 1. The van der Waals surface area contributed by atoms with E-state index >= 15 is 0 Å². The predicted molar refractivity (Wildman–Crippen MR) is 83.2 cm³/mol. The number of aliphatic hydroxyl groups excluding tert-OH is 1. The van der Waals surface area contributed by atoms with E-state index in [4.69, 9.17) is 5.11 Å². The van der Waals surface area contributed by atoms with Crippen LogP contribution in [0.15, 0.2) is 18.2 Å². The Morgan fingerprint density at radius 3 is 2.81 bits per heavy atom. The molecule has 1 aromatic rings. The fraction of sp³-hybridized carbons (Fsp3) is 0.471. The summed E-state index contributed by atoms with van der Waals surface area (Å²) >= 11 is 0. The maximum absolute atomic E-state index is 12.6. The lowest BCUT2D eigenvalue weighted by atomic mass is 10.0. The normalized spacial score (nSPS) is 16.0. The molecule has 1 amide bonds. The molecule has 2 rings (SSSR count). The molecule has 21 heavy (non-hydrogen) atoms. The minimum absolute atomic E-state index is 0.0927. The van der Waals surface area contributed by atoms with Gasteiger partial charge in [0.05, 0.1) is 0 Å². The Balaban J connectivity index is 2.14. The van der Waals surface area contributed by atoms with E-state index in [-0.39, 0.29) is 12.5 Å². The van der Waals surface area contributed by atoms with E-state index in [0.29, 0.717) is 5.56 Å². The molecule has 4 heteroatoms. The molecule has 4 nitrogen and oxygen atoms in total. The zero-order chi connectivity index (χ0) is 15.2. The summed E-state index contributed by atoms with van der Waals surface area (Å²) in [6.45, 7) is 5.34. The number of aryl methyl sites for hydroxylation is 1. The van der Waals surface area contributed by atoms with Crippen molar-refractivity contribution in [2.45, 2.75) is 13.3 Å². The Morgan fingerprint density at radius 2 is 2.10 bits per heavy atom. The minimum Gasteiger partial charge on any atom is -0.384 e. The van der Waals surface area contributed by atoms with E-state index in [0.717, 1.165) is 43.7 Å². The molecular formula is C17H22N2O2. The average Bonchev–Trinajstić information content (AvgIpc) is 2.70. The summed E-state index contributed by atoms with van der Waals surface area (Å²) in [4.78, 5) is 16.8. The Morgan fingerprint density at radius 1 is 1.29 bits per heavy atom. The van der Waals surface area contributed by atoms with Crippen LogP contribution < -0.4 is 0 Å². The number of rotatable bonds is 1. The molecule has 1 aliphatic rings. The van der Waals surface area contributed by atoms with Crippen molar-refractivity contribution >= 4 is 5.91 Å². The SMILES string of the molecule is Cc1cc(C(=O)N2CCCN(C)CC2)ccc1C#CCO. The molecule has 1 N–H and O–H groups in total. The molecule has 0 aliphatic carbocycles. The predicted octanol–water partition coefficient (Wildman–Crippen LogP) is 1.12. The molecule has 0 unspecified atom stereocenters. The number of nitrogens with zero attached hydrogens (tertiary/aromatic N) is 2. The molecule has 0 radical (unpaired) electrons. The first kappa shape index (κ1) is 15.6. The third kappa shape index (κ3) is 4.07. The summed E-state index contributed by atoms with van der Waals surface area (Å²) in [5.41, 5.74) is 2.54. The van der Waals surface area contributed by atoms with E-state index in [1.54, 1.807) is 0 Å². The lowest BCUT2D eigenvalue weighted by Gasteiger charge is -2.21. The van der Waals surface area contributed by atoms with Crippen molar-refractivity contribution in [3.8, 4) is 11.8 Å². The molecule has 0 saturated carbocycles. The van der Waals surface area contributed by atoms with E-state index in [9.17, 15) is 4.79 Å². The van der Waals surface area contributed by atoms with Crippen LogP contribution >= 0.6 is 0 Å². The van der Waals surface area contributed by atoms with E-state index in [1.165, 1.54) is 0 Å². The van der Waals surface area contributed by atoms with Crippen LogP contribution in [-0.4, -0.2) is 60.6 Å². The van der Waals surface area contributed by atoms with Gasteiger partial charge in [-0.15, -0.1) is 0 Å². The van der Waals surface area contributed by atoms with Gasteiger partial charge in [0.2, 0.25) is 0 Å². The number of hydrogen-bond donors (Lipinski definition) is 1. The molecule has 0 aromatic heterocycles. The maximum Gasteiger partial charge on any atom is 0.253 e. The number of aliphatic hydroxyl groups is 1. The van der Waals surface area contributed by atoms with Crippen molar-refractivity contribution in [2.24, 2.45) is 0 Å². The second-order valence-electron chi connectivity index (χ2n) is 5.44. The van der Waals surface area contributed by atoms with Gasteiger partial charge in [-0.2, -0.15) is 0 Å². The third-order valence-electron chi connectivity index (χ3n) is 3.78. The van der Waals surface area contributed by atoms with E-state index < -0.39 is 0 Å². The van der Waals surface area contributed by atoms with Crippen molar-refractivity contribution < 1.29 is 9.90 Å². The number of carbonyl (C=O) groups excluding carboxylic acids is 1. The monoisotopic (exact) mass is 286 g/mol. The molecule has 1 fully saturated rings. The highest BCUT2D eigenvalue weighted by Gasteiger charge is 2.19. The second kappa shape index (κ2) is 7.26. The summed E-state index contributed by atoms with van der Waals surface area (Å²) < 4.78 is 0. The van der Waals surface area contributed by atoms with Gasteiger partial charge in [0.15, 0.2) is 0 Å². The summed E-state index contributed by atoms with van der Waals surface area (Å²) in [5, 5.41) is 8.74. The van der Waals surface area contributed by atoms with E-state index in [2.05, 4.69) is 23.8 Å². The first-order chi connectivity index (χ1) is 10.1. The number of carbonyl (C=O) groups is 1. The Labute approximate surface area is 126 Å². The highest BCUT2D eigenvalue weighted by molar-refractivity contribution is 5.94. The topological polar surface area (TPSA) is 43.8 Å². The van der Waals surface area contributed by atoms with Crippen LogP contribution in [0.2, 0.25) is 0 Å². The van der Waals surface area contributed by atoms with E-state index in [1.807, 2.05) is 30.0 Å². The van der Waals surface area contributed by atoms with Crippen molar-refractivity contribution in [1.82, 2.24) is 9.80 Å². The third-order valence-corrected chi connectivity index (χ3v) is 3.78. The van der Waals surface area contributed by atoms with Gasteiger partial charge in [0.25, 0.3) is 5.91 Å². The molecule has 1 saturated heterocycles. The standard InChI is InChI=1S/C17H22N2O2/c1-14-13-16(7-6-15(14)5-3-12-20)17(21)19-9-4-8-18(2)10-11-19/h6-7,13,20H,4,8-12H2,1-2H3. The molecule has 0 atom stereocenters. The Hall–Kier alpha value is -1.83. The molecule has 1 aliphatic heterocycles. The zero-order valence-corrected chi connectivity index (χ0v) is 12.7. The van der Waals surface area contributed by atoms with Crippen LogP contribution in [0.25, 0.3) is 0 Å². The van der Waals surface area contributed by atoms with Gasteiger partial charge in [-0.3, -0.25) is 4.79 Å². The lowest BCUT2D eigenvalue weighted by Crippen LogP contribution is -2.34. The molecule has 0 spiro atoms. The summed E-state index contributed by atoms with van der Waals surface area (Å²) in [7, 11) is 2.09. The largest absolute Gasteiger partial charge is 0.384 e. The summed E-state index contributed by atoms with van der Waals surface area (Å²) in [6, 6.07) is 5.57. The van der Waals surface area contributed by atoms with Crippen LogP contribution in [0.4, 0.5) is 0 Å². The van der Waals surface area contributed by atoms with Crippen LogP contribution in [0.3, 0.4) is 0 Å². The Bertz CT molecular complexity index is 572. The molecule has 112 valence electrons. The number of likely N-dealkylation sites (N-methyl/N-ethyl adjacent to an activating group) is 1. The van der Waals surface area contributed by atoms with Gasteiger partial charge >= 0.3 is 0 Å². The average molecular weight is 286 g/mol. The molecule has 1 heterocycles. The van der Waals surface area contributed by atoms with Crippen LogP contribution in [0, 0.1) is 18.8 Å². The highest BCUT2D eigenvalue weighted by Crippen LogP contribution is 2.13. The molecule has 1 aromatic carbocycles. The fourth-order valence-electron chi connectivity index (χ4n) is 2.50. The van der Waals surface area contributed by atoms with Gasteiger partial charge in [-0.25, -0.2) is 0 Å². The van der Waals surface area contributed by atoms with Gasteiger partial charge < -0.3 is 14.9 Å². The molecule has 0 bridgehead atoms. The van der Waals surface area contributed by atoms with Gasteiger partial charge in [-0.1, -0.05) is 11.8 Å². The number of benzene rings is 1. The quantitative estimate of drug-likeness (QED) is 0.787. The first-order valence-corrected chi connectivity index (χ1v) is 7.30. The first-order valence-electron chi connectivity index (χ1n) is 7.30.